The Morgan fingerprint density at radius 3 is 2.63 bits per heavy atom. The van der Waals surface area contributed by atoms with Crippen LogP contribution in [0.5, 0.6) is 0 Å². The molecule has 7 heteroatoms. The molecule has 0 saturated heterocycles. The van der Waals surface area contributed by atoms with Gasteiger partial charge in [-0.2, -0.15) is 4.31 Å². The maximum absolute atomic E-state index is 13.1. The highest BCUT2D eigenvalue weighted by Crippen LogP contribution is 2.28. The third-order valence-corrected chi connectivity index (χ3v) is 5.26. The normalized spacial score (nSPS) is 17.2. The van der Waals surface area contributed by atoms with Crippen LogP contribution in [0.15, 0.2) is 23.4 Å². The average molecular weight is 288 g/mol. The van der Waals surface area contributed by atoms with Gasteiger partial charge in [-0.15, -0.1) is 0 Å². The van der Waals surface area contributed by atoms with Gasteiger partial charge >= 0.3 is 0 Å². The molecule has 2 rings (SSSR count). The lowest BCUT2D eigenvalue weighted by Gasteiger charge is -2.27. The number of hydrogen-bond acceptors (Lipinski definition) is 4. The predicted octanol–water partition coefficient (Wildman–Crippen LogP) is 1.15. The molecule has 1 heterocycles. The number of pyridine rings is 1. The van der Waals surface area contributed by atoms with Gasteiger partial charge in [0.25, 0.3) is 0 Å². The van der Waals surface area contributed by atoms with Gasteiger partial charge < -0.3 is 5.11 Å². The molecule has 5 nitrogen and oxygen atoms in total. The van der Waals surface area contributed by atoms with Crippen molar-refractivity contribution in [3.05, 3.63) is 24.3 Å². The standard InChI is InChI=1S/C12H17FN2O3S/c13-10-7-12(9-14-8-10)19(17,18)15(5-6-16)11-3-1-2-4-11/h7-9,11,16H,1-6H2. The molecule has 1 aliphatic rings. The Morgan fingerprint density at radius 1 is 1.37 bits per heavy atom. The van der Waals surface area contributed by atoms with Crippen molar-refractivity contribution in [1.29, 1.82) is 0 Å². The van der Waals surface area contributed by atoms with Crippen molar-refractivity contribution in [3.8, 4) is 0 Å². The Morgan fingerprint density at radius 2 is 2.05 bits per heavy atom. The van der Waals surface area contributed by atoms with E-state index in [4.69, 9.17) is 5.11 Å². The summed E-state index contributed by atoms with van der Waals surface area (Å²) >= 11 is 0. The van der Waals surface area contributed by atoms with Gasteiger partial charge in [0.2, 0.25) is 10.0 Å². The molecule has 1 aromatic heterocycles. The van der Waals surface area contributed by atoms with Crippen molar-refractivity contribution in [2.75, 3.05) is 13.2 Å². The van der Waals surface area contributed by atoms with E-state index in [1.807, 2.05) is 0 Å². The fraction of sp³-hybridized carbons (Fsp3) is 0.583. The van der Waals surface area contributed by atoms with Crippen LogP contribution in [0.4, 0.5) is 4.39 Å². The molecule has 0 aromatic carbocycles. The van der Waals surface area contributed by atoms with E-state index in [1.165, 1.54) is 4.31 Å². The van der Waals surface area contributed by atoms with Crippen molar-refractivity contribution in [2.45, 2.75) is 36.6 Å². The molecule has 1 N–H and O–H groups in total. The van der Waals surface area contributed by atoms with Gasteiger partial charge in [-0.3, -0.25) is 4.98 Å². The Hall–Kier alpha value is -1.05. The smallest absolute Gasteiger partial charge is 0.245 e. The van der Waals surface area contributed by atoms with E-state index < -0.39 is 15.8 Å². The largest absolute Gasteiger partial charge is 0.395 e. The summed E-state index contributed by atoms with van der Waals surface area (Å²) in [5.41, 5.74) is 0. The first-order chi connectivity index (χ1) is 9.05. The van der Waals surface area contributed by atoms with Crippen LogP contribution < -0.4 is 0 Å². The number of nitrogens with zero attached hydrogens (tertiary/aromatic N) is 2. The summed E-state index contributed by atoms with van der Waals surface area (Å²) in [5, 5.41) is 9.07. The van der Waals surface area contributed by atoms with Crippen LogP contribution in [-0.4, -0.2) is 42.0 Å². The van der Waals surface area contributed by atoms with Crippen LogP contribution in [0.25, 0.3) is 0 Å². The van der Waals surface area contributed by atoms with Crippen molar-refractivity contribution in [1.82, 2.24) is 9.29 Å². The Bertz CT molecular complexity index is 530. The third-order valence-electron chi connectivity index (χ3n) is 3.34. The molecule has 106 valence electrons. The molecule has 0 aliphatic heterocycles. The number of rotatable bonds is 5. The van der Waals surface area contributed by atoms with Gasteiger partial charge in [0, 0.05) is 18.8 Å². The van der Waals surface area contributed by atoms with Crippen LogP contribution in [-0.2, 0) is 10.0 Å². The molecule has 0 atom stereocenters. The first-order valence-corrected chi connectivity index (χ1v) is 7.73. The average Bonchev–Trinajstić information content (AvgIpc) is 2.89. The number of halogens is 1. The van der Waals surface area contributed by atoms with Crippen molar-refractivity contribution < 1.29 is 17.9 Å². The first-order valence-electron chi connectivity index (χ1n) is 6.29. The number of sulfonamides is 1. The molecule has 1 aromatic rings. The maximum atomic E-state index is 13.1. The summed E-state index contributed by atoms with van der Waals surface area (Å²) in [6.45, 7) is -0.220. The molecule has 1 saturated carbocycles. The Kier molecular flexibility index (Phi) is 4.49. The minimum absolute atomic E-state index is 0.0313. The predicted molar refractivity (Wildman–Crippen MR) is 67.4 cm³/mol. The zero-order valence-corrected chi connectivity index (χ0v) is 11.3. The van der Waals surface area contributed by atoms with Crippen LogP contribution >= 0.6 is 0 Å². The van der Waals surface area contributed by atoms with Gasteiger partial charge in [-0.25, -0.2) is 12.8 Å². The summed E-state index contributed by atoms with van der Waals surface area (Å²) in [4.78, 5) is 3.42. The lowest BCUT2D eigenvalue weighted by atomic mass is 10.2. The second-order valence-electron chi connectivity index (χ2n) is 4.62. The van der Waals surface area contributed by atoms with Crippen molar-refractivity contribution in [3.63, 3.8) is 0 Å². The van der Waals surface area contributed by atoms with Crippen LogP contribution in [0.2, 0.25) is 0 Å². The lowest BCUT2D eigenvalue weighted by Crippen LogP contribution is -2.40. The molecule has 1 aliphatic carbocycles. The quantitative estimate of drug-likeness (QED) is 0.882. The minimum atomic E-state index is -3.80. The van der Waals surface area contributed by atoms with Crippen LogP contribution in [0.1, 0.15) is 25.7 Å². The number of hydrogen-bond donors (Lipinski definition) is 1. The van der Waals surface area contributed by atoms with Gasteiger partial charge in [0.05, 0.1) is 12.8 Å². The zero-order chi connectivity index (χ0) is 13.9. The summed E-state index contributed by atoms with van der Waals surface area (Å²) in [6, 6.07) is 0.849. The van der Waals surface area contributed by atoms with E-state index in [1.54, 1.807) is 0 Å². The van der Waals surface area contributed by atoms with E-state index in [0.717, 1.165) is 44.1 Å². The maximum Gasteiger partial charge on any atom is 0.245 e. The van der Waals surface area contributed by atoms with Gasteiger partial charge in [-0.1, -0.05) is 12.8 Å². The lowest BCUT2D eigenvalue weighted by molar-refractivity contribution is 0.226. The SMILES string of the molecule is O=S(=O)(c1cncc(F)c1)N(CCO)C1CCCC1. The first kappa shape index (κ1) is 14.4. The number of aromatic nitrogens is 1. The van der Waals surface area contributed by atoms with Gasteiger partial charge in [-0.05, 0) is 18.9 Å². The molecule has 0 spiro atoms. The van der Waals surface area contributed by atoms with E-state index in [2.05, 4.69) is 4.98 Å². The molecule has 1 fully saturated rings. The van der Waals surface area contributed by atoms with E-state index in [-0.39, 0.29) is 24.1 Å². The van der Waals surface area contributed by atoms with E-state index in [9.17, 15) is 12.8 Å². The fourth-order valence-corrected chi connectivity index (χ4v) is 4.11. The Labute approximate surface area is 112 Å². The van der Waals surface area contributed by atoms with E-state index >= 15 is 0 Å². The molecule has 0 bridgehead atoms. The third kappa shape index (κ3) is 3.10. The van der Waals surface area contributed by atoms with Gasteiger partial charge in [0.15, 0.2) is 0 Å². The minimum Gasteiger partial charge on any atom is -0.395 e. The van der Waals surface area contributed by atoms with Crippen LogP contribution in [0.3, 0.4) is 0 Å². The summed E-state index contributed by atoms with van der Waals surface area (Å²) in [6.07, 6.45) is 5.61. The highest BCUT2D eigenvalue weighted by Gasteiger charge is 2.33. The zero-order valence-electron chi connectivity index (χ0n) is 10.5. The molecule has 0 radical (unpaired) electrons. The topological polar surface area (TPSA) is 70.5 Å². The Balaban J connectivity index is 2.33. The monoisotopic (exact) mass is 288 g/mol. The summed E-state index contributed by atoms with van der Waals surface area (Å²) in [5.74, 6) is -0.684. The van der Waals surface area contributed by atoms with E-state index in [0.29, 0.717) is 0 Å². The van der Waals surface area contributed by atoms with Crippen LogP contribution in [0, 0.1) is 5.82 Å². The number of aliphatic hydroxyl groups excluding tert-OH is 1. The number of aliphatic hydroxyl groups is 1. The fourth-order valence-electron chi connectivity index (χ4n) is 2.46. The highest BCUT2D eigenvalue weighted by atomic mass is 32.2. The summed E-state index contributed by atoms with van der Waals surface area (Å²) < 4.78 is 39.3. The molecule has 0 amide bonds. The van der Waals surface area contributed by atoms with Gasteiger partial charge in [0.1, 0.15) is 10.7 Å². The molecule has 19 heavy (non-hydrogen) atoms. The second-order valence-corrected chi connectivity index (χ2v) is 6.51. The molecule has 0 unspecified atom stereocenters. The summed E-state index contributed by atoms with van der Waals surface area (Å²) in [7, 11) is -3.80. The van der Waals surface area contributed by atoms with Crippen molar-refractivity contribution >= 4 is 10.0 Å². The molecular weight excluding hydrogens is 271 g/mol. The highest BCUT2D eigenvalue weighted by molar-refractivity contribution is 7.89. The van der Waals surface area contributed by atoms with Crippen molar-refractivity contribution in [2.24, 2.45) is 0 Å². The second kappa shape index (κ2) is 5.94. The molecular formula is C12H17FN2O3S.